The van der Waals surface area contributed by atoms with E-state index in [0.717, 1.165) is 15.1 Å². The molecule has 6 heteroatoms. The maximum Gasteiger partial charge on any atom is 0.278 e. The molecule has 0 atom stereocenters. The summed E-state index contributed by atoms with van der Waals surface area (Å²) in [6.45, 7) is 3.16. The molecule has 2 heterocycles. The topological polar surface area (TPSA) is 47.8 Å². The second-order valence-electron chi connectivity index (χ2n) is 3.27. The van der Waals surface area contributed by atoms with Crippen molar-refractivity contribution < 1.29 is 4.39 Å². The van der Waals surface area contributed by atoms with Crippen LogP contribution in [0, 0.1) is 13.8 Å². The highest BCUT2D eigenvalue weighted by molar-refractivity contribution is 7.18. The van der Waals surface area contributed by atoms with E-state index in [0.29, 0.717) is 10.2 Å². The fourth-order valence-electron chi connectivity index (χ4n) is 1.42. The minimum Gasteiger partial charge on any atom is -0.267 e. The van der Waals surface area contributed by atoms with Crippen LogP contribution in [0.25, 0.3) is 10.2 Å². The van der Waals surface area contributed by atoms with Crippen LogP contribution >= 0.6 is 11.3 Å². The molecule has 0 aliphatic heterocycles. The second kappa shape index (κ2) is 3.69. The number of nitrogens with zero attached hydrogens (tertiary/aromatic N) is 3. The summed E-state index contributed by atoms with van der Waals surface area (Å²) in [4.78, 5) is 13.5. The largest absolute Gasteiger partial charge is 0.278 e. The van der Waals surface area contributed by atoms with Crippen LogP contribution in [0.15, 0.2) is 4.79 Å². The lowest BCUT2D eigenvalue weighted by atomic mass is 10.2. The number of hydrogen-bond acceptors (Lipinski definition) is 4. The Labute approximate surface area is 89.3 Å². The standard InChI is InChI=1S/C9H10FN3OS/c1-5-6(2)15-8-7(5)9(14)13(4-3-10)12-11-8/h3-4H2,1-2H3. The second-order valence-corrected chi connectivity index (χ2v) is 4.47. The number of aromatic nitrogens is 3. The Morgan fingerprint density at radius 1 is 1.47 bits per heavy atom. The number of thiophene rings is 1. The van der Waals surface area contributed by atoms with Crippen LogP contribution in [0.1, 0.15) is 10.4 Å². The van der Waals surface area contributed by atoms with E-state index in [1.54, 1.807) is 0 Å². The third kappa shape index (κ3) is 1.54. The molecule has 2 rings (SSSR count). The number of aryl methyl sites for hydroxylation is 3. The molecule has 0 aliphatic carbocycles. The SMILES string of the molecule is Cc1sc2nnn(CCF)c(=O)c2c1C. The van der Waals surface area contributed by atoms with E-state index in [9.17, 15) is 9.18 Å². The van der Waals surface area contributed by atoms with Gasteiger partial charge in [-0.15, -0.1) is 16.4 Å². The highest BCUT2D eigenvalue weighted by atomic mass is 32.1. The highest BCUT2D eigenvalue weighted by Gasteiger charge is 2.12. The van der Waals surface area contributed by atoms with Gasteiger partial charge in [0.05, 0.1) is 11.9 Å². The van der Waals surface area contributed by atoms with Gasteiger partial charge in [0.15, 0.2) is 4.83 Å². The first-order valence-corrected chi connectivity index (χ1v) is 5.36. The normalized spacial score (nSPS) is 11.1. The predicted octanol–water partition coefficient (Wildman–Crippen LogP) is 1.44. The maximum atomic E-state index is 12.1. The van der Waals surface area contributed by atoms with Gasteiger partial charge in [-0.3, -0.25) is 4.79 Å². The fraction of sp³-hybridized carbons (Fsp3) is 0.444. The number of fused-ring (bicyclic) bond motifs is 1. The Hall–Kier alpha value is -1.30. The quantitative estimate of drug-likeness (QED) is 0.780. The molecule has 0 fully saturated rings. The van der Waals surface area contributed by atoms with Crippen molar-refractivity contribution >= 4 is 21.6 Å². The first-order valence-electron chi connectivity index (χ1n) is 4.54. The van der Waals surface area contributed by atoms with Gasteiger partial charge in [0.1, 0.15) is 6.67 Å². The molecule has 4 nitrogen and oxygen atoms in total. The van der Waals surface area contributed by atoms with Gasteiger partial charge < -0.3 is 0 Å². The molecule has 2 aromatic heterocycles. The van der Waals surface area contributed by atoms with Crippen molar-refractivity contribution in [2.75, 3.05) is 6.67 Å². The molecule has 15 heavy (non-hydrogen) atoms. The molecule has 0 saturated carbocycles. The van der Waals surface area contributed by atoms with Crippen molar-refractivity contribution in [3.63, 3.8) is 0 Å². The average Bonchev–Trinajstić information content (AvgIpc) is 2.49. The molecule has 0 amide bonds. The smallest absolute Gasteiger partial charge is 0.267 e. The summed E-state index contributed by atoms with van der Waals surface area (Å²) in [6.07, 6.45) is 0. The number of hydrogen-bond donors (Lipinski definition) is 0. The van der Waals surface area contributed by atoms with Crippen molar-refractivity contribution in [1.29, 1.82) is 0 Å². The monoisotopic (exact) mass is 227 g/mol. The van der Waals surface area contributed by atoms with Crippen LogP contribution in [0.5, 0.6) is 0 Å². The minimum atomic E-state index is -0.609. The van der Waals surface area contributed by atoms with Gasteiger partial charge in [0.2, 0.25) is 0 Å². The molecule has 0 saturated heterocycles. The van der Waals surface area contributed by atoms with Crippen LogP contribution in [0.4, 0.5) is 4.39 Å². The molecule has 0 bridgehead atoms. The zero-order valence-corrected chi connectivity index (χ0v) is 9.27. The van der Waals surface area contributed by atoms with Gasteiger partial charge in [0, 0.05) is 4.88 Å². The van der Waals surface area contributed by atoms with Crippen molar-refractivity contribution in [2.45, 2.75) is 20.4 Å². The van der Waals surface area contributed by atoms with E-state index in [1.165, 1.54) is 11.3 Å². The van der Waals surface area contributed by atoms with Gasteiger partial charge in [-0.05, 0) is 19.4 Å². The van der Waals surface area contributed by atoms with Crippen molar-refractivity contribution in [1.82, 2.24) is 15.0 Å². The lowest BCUT2D eigenvalue weighted by Crippen LogP contribution is -2.24. The summed E-state index contributed by atoms with van der Waals surface area (Å²) >= 11 is 1.44. The summed E-state index contributed by atoms with van der Waals surface area (Å²) in [7, 11) is 0. The van der Waals surface area contributed by atoms with E-state index < -0.39 is 6.67 Å². The van der Waals surface area contributed by atoms with E-state index in [1.807, 2.05) is 13.8 Å². The van der Waals surface area contributed by atoms with E-state index >= 15 is 0 Å². The molecule has 0 spiro atoms. The van der Waals surface area contributed by atoms with Gasteiger partial charge in [0.25, 0.3) is 5.56 Å². The third-order valence-electron chi connectivity index (χ3n) is 2.35. The number of alkyl halides is 1. The molecule has 2 aromatic rings. The molecule has 0 N–H and O–H groups in total. The zero-order valence-electron chi connectivity index (χ0n) is 8.45. The summed E-state index contributed by atoms with van der Waals surface area (Å²) in [5.41, 5.74) is 0.669. The maximum absolute atomic E-state index is 12.1. The summed E-state index contributed by atoms with van der Waals surface area (Å²) in [6, 6.07) is 0. The molecule has 80 valence electrons. The molecular formula is C9H10FN3OS. The lowest BCUT2D eigenvalue weighted by molar-refractivity contribution is 0.410. The molecule has 0 radical (unpaired) electrons. The Balaban J connectivity index is 2.77. The number of halogens is 1. The minimum absolute atomic E-state index is 0.0316. The van der Waals surface area contributed by atoms with Crippen LogP contribution in [-0.2, 0) is 6.54 Å². The number of rotatable bonds is 2. The summed E-state index contributed by atoms with van der Waals surface area (Å²) < 4.78 is 13.2. The van der Waals surface area contributed by atoms with Crippen molar-refractivity contribution in [2.24, 2.45) is 0 Å². The Kier molecular flexibility index (Phi) is 2.52. The summed E-state index contributed by atoms with van der Waals surface area (Å²) in [5.74, 6) is 0. The Morgan fingerprint density at radius 3 is 2.87 bits per heavy atom. The van der Waals surface area contributed by atoms with Gasteiger partial charge in [-0.2, -0.15) is 0 Å². The van der Waals surface area contributed by atoms with Crippen LogP contribution < -0.4 is 5.56 Å². The predicted molar refractivity (Wildman–Crippen MR) is 57.1 cm³/mol. The zero-order chi connectivity index (χ0) is 11.0. The first-order chi connectivity index (χ1) is 7.15. The highest BCUT2D eigenvalue weighted by Crippen LogP contribution is 2.24. The van der Waals surface area contributed by atoms with Gasteiger partial charge in [-0.25, -0.2) is 9.07 Å². The van der Waals surface area contributed by atoms with Crippen LogP contribution in [-0.4, -0.2) is 21.7 Å². The van der Waals surface area contributed by atoms with Crippen LogP contribution in [0.3, 0.4) is 0 Å². The van der Waals surface area contributed by atoms with E-state index in [4.69, 9.17) is 0 Å². The van der Waals surface area contributed by atoms with E-state index in [-0.39, 0.29) is 12.1 Å². The molecule has 0 aromatic carbocycles. The molecule has 0 aliphatic rings. The summed E-state index contributed by atoms with van der Waals surface area (Å²) in [5, 5.41) is 8.15. The Bertz CT molecular complexity index is 560. The van der Waals surface area contributed by atoms with Crippen molar-refractivity contribution in [3.8, 4) is 0 Å². The van der Waals surface area contributed by atoms with Gasteiger partial charge in [-0.1, -0.05) is 5.21 Å². The Morgan fingerprint density at radius 2 is 2.20 bits per heavy atom. The molecular weight excluding hydrogens is 217 g/mol. The van der Waals surface area contributed by atoms with Crippen LogP contribution in [0.2, 0.25) is 0 Å². The fourth-order valence-corrected chi connectivity index (χ4v) is 2.39. The first kappa shape index (κ1) is 10.2. The third-order valence-corrected chi connectivity index (χ3v) is 3.45. The lowest BCUT2D eigenvalue weighted by Gasteiger charge is -1.99. The average molecular weight is 227 g/mol. The van der Waals surface area contributed by atoms with Crippen molar-refractivity contribution in [3.05, 3.63) is 20.8 Å². The molecule has 0 unspecified atom stereocenters. The van der Waals surface area contributed by atoms with E-state index in [2.05, 4.69) is 10.3 Å². The van der Waals surface area contributed by atoms with Gasteiger partial charge >= 0.3 is 0 Å².